The Kier molecular flexibility index (Phi) is 4.91. The Morgan fingerprint density at radius 3 is 2.59 bits per heavy atom. The van der Waals surface area contributed by atoms with Crippen LogP contribution in [0.5, 0.6) is 0 Å². The number of likely N-dealkylation sites (N-methyl/N-ethyl adjacent to an activating group) is 1. The van der Waals surface area contributed by atoms with Crippen molar-refractivity contribution in [2.45, 2.75) is 43.2 Å². The highest BCUT2D eigenvalue weighted by atomic mass is 19.1. The minimum absolute atomic E-state index is 0.0671. The Hall–Kier alpha value is -1.98. The van der Waals surface area contributed by atoms with Gasteiger partial charge in [0.15, 0.2) is 0 Å². The molecule has 144 valence electrons. The average Bonchev–Trinajstić information content (AvgIpc) is 3.23. The third-order valence-corrected chi connectivity index (χ3v) is 6.18. The van der Waals surface area contributed by atoms with E-state index in [9.17, 15) is 13.9 Å². The SMILES string of the molecule is CNC[C@@H](O)[C@H](c1cccc(F)c1)N1CC2(CCCC2)c2cccc(F)c21. The van der Waals surface area contributed by atoms with Crippen LogP contribution in [-0.4, -0.2) is 31.3 Å². The number of aliphatic hydroxyl groups is 1. The molecule has 0 amide bonds. The van der Waals surface area contributed by atoms with Gasteiger partial charge in [-0.15, -0.1) is 0 Å². The van der Waals surface area contributed by atoms with E-state index in [0.29, 0.717) is 24.3 Å². The van der Waals surface area contributed by atoms with Gasteiger partial charge in [-0.1, -0.05) is 37.1 Å². The summed E-state index contributed by atoms with van der Waals surface area (Å²) in [6, 6.07) is 11.1. The Bertz CT molecular complexity index is 820. The first-order valence-electron chi connectivity index (χ1n) is 9.69. The zero-order chi connectivity index (χ0) is 19.0. The number of hydrogen-bond donors (Lipinski definition) is 2. The van der Waals surface area contributed by atoms with Crippen molar-refractivity contribution < 1.29 is 13.9 Å². The minimum Gasteiger partial charge on any atom is -0.389 e. The molecule has 1 fully saturated rings. The van der Waals surface area contributed by atoms with Crippen LogP contribution in [-0.2, 0) is 5.41 Å². The molecule has 2 atom stereocenters. The largest absolute Gasteiger partial charge is 0.389 e. The zero-order valence-electron chi connectivity index (χ0n) is 15.6. The van der Waals surface area contributed by atoms with Crippen LogP contribution < -0.4 is 10.2 Å². The molecule has 27 heavy (non-hydrogen) atoms. The van der Waals surface area contributed by atoms with E-state index in [1.54, 1.807) is 19.2 Å². The Balaban J connectivity index is 1.83. The van der Waals surface area contributed by atoms with Gasteiger partial charge in [-0.25, -0.2) is 8.78 Å². The van der Waals surface area contributed by atoms with Crippen LogP contribution in [0.15, 0.2) is 42.5 Å². The molecule has 1 heterocycles. The van der Waals surface area contributed by atoms with Gasteiger partial charge in [0.05, 0.1) is 17.8 Å². The number of nitrogens with one attached hydrogen (secondary N) is 1. The first kappa shape index (κ1) is 18.4. The number of nitrogens with zero attached hydrogens (tertiary/aromatic N) is 1. The van der Waals surface area contributed by atoms with Crippen LogP contribution in [0.4, 0.5) is 14.5 Å². The maximum atomic E-state index is 15.0. The van der Waals surface area contributed by atoms with E-state index < -0.39 is 12.1 Å². The fourth-order valence-corrected chi connectivity index (χ4v) is 5.06. The molecule has 1 aliphatic heterocycles. The lowest BCUT2D eigenvalue weighted by molar-refractivity contribution is 0.139. The number of hydrogen-bond acceptors (Lipinski definition) is 3. The molecule has 2 N–H and O–H groups in total. The van der Waals surface area contributed by atoms with E-state index in [1.807, 2.05) is 17.0 Å². The number of para-hydroxylation sites is 1. The van der Waals surface area contributed by atoms with Gasteiger partial charge in [0.2, 0.25) is 0 Å². The molecule has 3 nitrogen and oxygen atoms in total. The van der Waals surface area contributed by atoms with E-state index in [0.717, 1.165) is 31.2 Å². The van der Waals surface area contributed by atoms with E-state index in [2.05, 4.69) is 5.32 Å². The van der Waals surface area contributed by atoms with Crippen molar-refractivity contribution in [2.24, 2.45) is 0 Å². The number of aliphatic hydroxyl groups excluding tert-OH is 1. The maximum Gasteiger partial charge on any atom is 0.146 e. The molecule has 1 spiro atoms. The van der Waals surface area contributed by atoms with E-state index >= 15 is 0 Å². The molecule has 5 heteroatoms. The second-order valence-corrected chi connectivity index (χ2v) is 7.88. The van der Waals surface area contributed by atoms with Gasteiger partial charge in [0.1, 0.15) is 11.6 Å². The van der Waals surface area contributed by atoms with Gasteiger partial charge in [0, 0.05) is 18.5 Å². The van der Waals surface area contributed by atoms with Crippen LogP contribution in [0.1, 0.15) is 42.9 Å². The summed E-state index contributed by atoms with van der Waals surface area (Å²) < 4.78 is 28.9. The number of benzene rings is 2. The number of halogens is 2. The van der Waals surface area contributed by atoms with Crippen LogP contribution in [0, 0.1) is 11.6 Å². The maximum absolute atomic E-state index is 15.0. The predicted octanol–water partition coefficient (Wildman–Crippen LogP) is 3.92. The molecule has 0 unspecified atom stereocenters. The quantitative estimate of drug-likeness (QED) is 0.835. The van der Waals surface area contributed by atoms with Crippen LogP contribution in [0.25, 0.3) is 0 Å². The molecular formula is C22H26F2N2O. The first-order valence-corrected chi connectivity index (χ1v) is 9.69. The fraction of sp³-hybridized carbons (Fsp3) is 0.455. The zero-order valence-corrected chi connectivity index (χ0v) is 15.6. The normalized spacial score (nSPS) is 20.1. The predicted molar refractivity (Wildman–Crippen MR) is 103 cm³/mol. The molecule has 2 aliphatic rings. The third-order valence-electron chi connectivity index (χ3n) is 6.18. The standard InChI is InChI=1S/C22H26F2N2O/c1-25-13-19(27)20(15-6-4-7-16(23)12-15)26-14-22(10-2-3-11-22)17-8-5-9-18(24)21(17)26/h4-9,12,19-20,25,27H,2-3,10-11,13-14H2,1H3/t19-,20+/m1/s1. The highest BCUT2D eigenvalue weighted by molar-refractivity contribution is 5.65. The molecule has 2 aromatic rings. The second-order valence-electron chi connectivity index (χ2n) is 7.88. The second kappa shape index (κ2) is 7.21. The van der Waals surface area contributed by atoms with Gasteiger partial charge < -0.3 is 15.3 Å². The van der Waals surface area contributed by atoms with E-state index in [1.165, 1.54) is 18.2 Å². The molecule has 0 aromatic heterocycles. The van der Waals surface area contributed by atoms with Gasteiger partial charge in [-0.3, -0.25) is 0 Å². The highest BCUT2D eigenvalue weighted by Crippen LogP contribution is 2.53. The van der Waals surface area contributed by atoms with Gasteiger partial charge in [-0.2, -0.15) is 0 Å². The molecule has 1 aliphatic carbocycles. The van der Waals surface area contributed by atoms with Crippen molar-refractivity contribution >= 4 is 5.69 Å². The summed E-state index contributed by atoms with van der Waals surface area (Å²) in [5.41, 5.74) is 2.21. The lowest BCUT2D eigenvalue weighted by Crippen LogP contribution is -2.43. The number of rotatable bonds is 5. The molecule has 0 saturated heterocycles. The van der Waals surface area contributed by atoms with Gasteiger partial charge >= 0.3 is 0 Å². The lowest BCUT2D eigenvalue weighted by Gasteiger charge is -2.36. The summed E-state index contributed by atoms with van der Waals surface area (Å²) >= 11 is 0. The topological polar surface area (TPSA) is 35.5 Å². The molecule has 4 rings (SSSR count). The molecule has 2 aromatic carbocycles. The first-order chi connectivity index (χ1) is 13.1. The van der Waals surface area contributed by atoms with Crippen LogP contribution >= 0.6 is 0 Å². The smallest absolute Gasteiger partial charge is 0.146 e. The van der Waals surface area contributed by atoms with E-state index in [4.69, 9.17) is 0 Å². The number of fused-ring (bicyclic) bond motifs is 2. The summed E-state index contributed by atoms with van der Waals surface area (Å²) in [4.78, 5) is 1.98. The Morgan fingerprint density at radius 1 is 1.15 bits per heavy atom. The monoisotopic (exact) mass is 372 g/mol. The third kappa shape index (κ3) is 3.13. The molecule has 0 radical (unpaired) electrons. The molecule has 1 saturated carbocycles. The van der Waals surface area contributed by atoms with Crippen LogP contribution in [0.3, 0.4) is 0 Å². The van der Waals surface area contributed by atoms with E-state index in [-0.39, 0.29) is 17.0 Å². The van der Waals surface area contributed by atoms with Crippen molar-refractivity contribution in [3.63, 3.8) is 0 Å². The summed E-state index contributed by atoms with van der Waals surface area (Å²) in [5, 5.41) is 13.9. The van der Waals surface area contributed by atoms with Crippen molar-refractivity contribution in [1.29, 1.82) is 0 Å². The van der Waals surface area contributed by atoms with Gasteiger partial charge in [0.25, 0.3) is 0 Å². The summed E-state index contributed by atoms with van der Waals surface area (Å²) in [6.45, 7) is 1.000. The average molecular weight is 372 g/mol. The van der Waals surface area contributed by atoms with Crippen molar-refractivity contribution in [2.75, 3.05) is 25.0 Å². The van der Waals surface area contributed by atoms with Crippen LogP contribution in [0.2, 0.25) is 0 Å². The highest BCUT2D eigenvalue weighted by Gasteiger charge is 2.48. The minimum atomic E-state index is -0.791. The number of anilines is 1. The Labute approximate surface area is 159 Å². The lowest BCUT2D eigenvalue weighted by atomic mass is 9.81. The van der Waals surface area contributed by atoms with Crippen molar-refractivity contribution in [3.05, 3.63) is 65.2 Å². The van der Waals surface area contributed by atoms with Crippen molar-refractivity contribution in [1.82, 2.24) is 5.32 Å². The molecule has 0 bridgehead atoms. The summed E-state index contributed by atoms with van der Waals surface area (Å²) in [6.07, 6.45) is 3.53. The summed E-state index contributed by atoms with van der Waals surface area (Å²) in [5.74, 6) is -0.618. The molecular weight excluding hydrogens is 346 g/mol. The van der Waals surface area contributed by atoms with Crippen molar-refractivity contribution in [3.8, 4) is 0 Å². The Morgan fingerprint density at radius 2 is 1.89 bits per heavy atom. The fourth-order valence-electron chi connectivity index (χ4n) is 5.06. The summed E-state index contributed by atoms with van der Waals surface area (Å²) in [7, 11) is 1.77. The van der Waals surface area contributed by atoms with Gasteiger partial charge in [-0.05, 0) is 49.2 Å².